The molecule has 0 saturated carbocycles. The molecule has 2 aliphatic rings. The highest BCUT2D eigenvalue weighted by molar-refractivity contribution is 5.35. The van der Waals surface area contributed by atoms with E-state index in [1.807, 2.05) is 18.2 Å². The topological polar surface area (TPSA) is 9.23 Å². The smallest absolute Gasteiger partial charge is 0.123 e. The van der Waals surface area contributed by atoms with E-state index in [-0.39, 0.29) is 5.60 Å². The van der Waals surface area contributed by atoms with E-state index in [9.17, 15) is 0 Å². The predicted octanol–water partition coefficient (Wildman–Crippen LogP) is 3.89. The minimum atomic E-state index is 0.0378. The van der Waals surface area contributed by atoms with Gasteiger partial charge in [0.1, 0.15) is 11.4 Å². The molecule has 1 nitrogen and oxygen atoms in total. The largest absolute Gasteiger partial charge is 0.487 e. The average molecular weight is 202 g/mol. The Labute approximate surface area is 91.8 Å². The molecular formula is C14H18O. The van der Waals surface area contributed by atoms with Crippen LogP contribution < -0.4 is 0 Å². The van der Waals surface area contributed by atoms with Gasteiger partial charge in [0.15, 0.2) is 0 Å². The lowest BCUT2D eigenvalue weighted by Gasteiger charge is -2.35. The molecule has 1 heterocycles. The van der Waals surface area contributed by atoms with E-state index >= 15 is 0 Å². The van der Waals surface area contributed by atoms with Gasteiger partial charge in [-0.05, 0) is 44.4 Å². The summed E-state index contributed by atoms with van der Waals surface area (Å²) in [5, 5.41) is 0. The molecule has 15 heavy (non-hydrogen) atoms. The Morgan fingerprint density at radius 3 is 3.20 bits per heavy atom. The molecule has 80 valence electrons. The maximum absolute atomic E-state index is 6.10. The fourth-order valence-electron chi connectivity index (χ4n) is 2.23. The molecule has 1 aliphatic carbocycles. The normalized spacial score (nSPS) is 28.7. The zero-order chi connectivity index (χ0) is 10.7. The Bertz CT molecular complexity index is 367. The highest BCUT2D eigenvalue weighted by Gasteiger charge is 2.30. The Hall–Kier alpha value is -1.20. The molecule has 0 bridgehead atoms. The van der Waals surface area contributed by atoms with Crippen LogP contribution >= 0.6 is 0 Å². The summed E-state index contributed by atoms with van der Waals surface area (Å²) in [6.45, 7) is 4.43. The third kappa shape index (κ3) is 2.24. The van der Waals surface area contributed by atoms with Crippen molar-refractivity contribution in [2.24, 2.45) is 0 Å². The molecule has 0 N–H and O–H groups in total. The highest BCUT2D eigenvalue weighted by atomic mass is 16.5. The predicted molar refractivity (Wildman–Crippen MR) is 62.5 cm³/mol. The number of allylic oxidation sites excluding steroid dienone is 4. The second kappa shape index (κ2) is 4.12. The van der Waals surface area contributed by atoms with E-state index in [0.29, 0.717) is 0 Å². The van der Waals surface area contributed by atoms with Crippen molar-refractivity contribution in [2.75, 3.05) is 0 Å². The van der Waals surface area contributed by atoms with Crippen LogP contribution in [0.4, 0.5) is 0 Å². The summed E-state index contributed by atoms with van der Waals surface area (Å²) in [5.74, 6) is 1.04. The van der Waals surface area contributed by atoms with Crippen molar-refractivity contribution < 1.29 is 4.74 Å². The lowest BCUT2D eigenvalue weighted by atomic mass is 9.89. The van der Waals surface area contributed by atoms with Crippen molar-refractivity contribution in [3.8, 4) is 0 Å². The van der Waals surface area contributed by atoms with Crippen molar-refractivity contribution in [3.05, 3.63) is 41.4 Å². The van der Waals surface area contributed by atoms with Gasteiger partial charge in [-0.2, -0.15) is 0 Å². The molecule has 1 heteroatoms. The third-order valence-corrected chi connectivity index (χ3v) is 3.07. The van der Waals surface area contributed by atoms with Gasteiger partial charge >= 0.3 is 0 Å². The molecule has 0 spiro atoms. The highest BCUT2D eigenvalue weighted by Crippen LogP contribution is 2.36. The van der Waals surface area contributed by atoms with Gasteiger partial charge in [-0.15, -0.1) is 5.73 Å². The van der Waals surface area contributed by atoms with Crippen molar-refractivity contribution in [3.63, 3.8) is 0 Å². The van der Waals surface area contributed by atoms with E-state index in [0.717, 1.165) is 25.0 Å². The van der Waals surface area contributed by atoms with Gasteiger partial charge in [0, 0.05) is 5.57 Å². The van der Waals surface area contributed by atoms with Crippen LogP contribution in [0.5, 0.6) is 0 Å². The first-order valence-corrected chi connectivity index (χ1v) is 5.75. The van der Waals surface area contributed by atoms with Gasteiger partial charge in [0.25, 0.3) is 0 Å². The van der Waals surface area contributed by atoms with E-state index in [4.69, 9.17) is 4.74 Å². The quantitative estimate of drug-likeness (QED) is 0.617. The van der Waals surface area contributed by atoms with Gasteiger partial charge in [0.2, 0.25) is 0 Å². The van der Waals surface area contributed by atoms with Gasteiger partial charge in [-0.3, -0.25) is 0 Å². The van der Waals surface area contributed by atoms with Gasteiger partial charge in [-0.1, -0.05) is 19.4 Å². The summed E-state index contributed by atoms with van der Waals surface area (Å²) in [7, 11) is 0. The average Bonchev–Trinajstić information content (AvgIpc) is 2.42. The molecule has 0 aromatic heterocycles. The molecule has 0 fully saturated rings. The second-order valence-electron chi connectivity index (χ2n) is 4.53. The van der Waals surface area contributed by atoms with Crippen molar-refractivity contribution in [2.45, 2.75) is 45.1 Å². The molecule has 2 rings (SSSR count). The minimum absolute atomic E-state index is 0.0378. The summed E-state index contributed by atoms with van der Waals surface area (Å²) >= 11 is 0. The molecule has 1 aliphatic heterocycles. The van der Waals surface area contributed by atoms with Crippen molar-refractivity contribution in [1.82, 2.24) is 0 Å². The van der Waals surface area contributed by atoms with Crippen molar-refractivity contribution in [1.29, 1.82) is 0 Å². The van der Waals surface area contributed by atoms with Gasteiger partial charge in [0.05, 0.1) is 0 Å². The van der Waals surface area contributed by atoms with Crippen molar-refractivity contribution >= 4 is 0 Å². The molecule has 1 unspecified atom stereocenters. The molecule has 0 saturated heterocycles. The van der Waals surface area contributed by atoms with Crippen LogP contribution in [0.15, 0.2) is 41.4 Å². The van der Waals surface area contributed by atoms with E-state index in [1.165, 1.54) is 12.0 Å². The van der Waals surface area contributed by atoms with E-state index in [2.05, 4.69) is 25.7 Å². The SMILES string of the molecule is CCCC1(C)CCC2=C(C=CC=C=C2)O1. The maximum atomic E-state index is 6.10. The number of hydrogen-bond donors (Lipinski definition) is 0. The fourth-order valence-corrected chi connectivity index (χ4v) is 2.23. The maximum Gasteiger partial charge on any atom is 0.123 e. The van der Waals surface area contributed by atoms with Crippen LogP contribution in [0, 0.1) is 0 Å². The zero-order valence-electron chi connectivity index (χ0n) is 9.55. The number of ether oxygens (including phenoxy) is 1. The minimum Gasteiger partial charge on any atom is -0.487 e. The Kier molecular flexibility index (Phi) is 2.83. The summed E-state index contributed by atoms with van der Waals surface area (Å²) in [5.41, 5.74) is 4.45. The van der Waals surface area contributed by atoms with E-state index in [1.54, 1.807) is 0 Å². The monoisotopic (exact) mass is 202 g/mol. The van der Waals surface area contributed by atoms with Crippen LogP contribution in [0.3, 0.4) is 0 Å². The summed E-state index contributed by atoms with van der Waals surface area (Å²) in [6, 6.07) is 0. The Morgan fingerprint density at radius 1 is 1.53 bits per heavy atom. The summed E-state index contributed by atoms with van der Waals surface area (Å²) in [4.78, 5) is 0. The number of rotatable bonds is 2. The zero-order valence-corrected chi connectivity index (χ0v) is 9.55. The summed E-state index contributed by atoms with van der Waals surface area (Å²) < 4.78 is 6.10. The second-order valence-corrected chi connectivity index (χ2v) is 4.53. The molecule has 0 amide bonds. The third-order valence-electron chi connectivity index (χ3n) is 3.07. The first-order valence-electron chi connectivity index (χ1n) is 5.75. The number of hydrogen-bond acceptors (Lipinski definition) is 1. The molecule has 1 atom stereocenters. The first kappa shape index (κ1) is 10.3. The molecule has 0 radical (unpaired) electrons. The van der Waals surface area contributed by atoms with Gasteiger partial charge in [-0.25, -0.2) is 0 Å². The standard InChI is InChI=1S/C14H18O/c1-3-10-14(2)11-9-12-7-5-4-6-8-13(12)15-14/h4,6-8H,3,9-11H2,1-2H3. The Morgan fingerprint density at radius 2 is 2.40 bits per heavy atom. The van der Waals surface area contributed by atoms with Gasteiger partial charge < -0.3 is 4.74 Å². The van der Waals surface area contributed by atoms with E-state index < -0.39 is 0 Å². The molecule has 0 aromatic carbocycles. The van der Waals surface area contributed by atoms with Crippen LogP contribution in [-0.4, -0.2) is 5.60 Å². The van der Waals surface area contributed by atoms with Crippen LogP contribution in [-0.2, 0) is 4.74 Å². The molecule has 0 aromatic rings. The van der Waals surface area contributed by atoms with Crippen LogP contribution in [0.1, 0.15) is 39.5 Å². The fraction of sp³-hybridized carbons (Fsp3) is 0.500. The lowest BCUT2D eigenvalue weighted by molar-refractivity contribution is -0.00337. The lowest BCUT2D eigenvalue weighted by Crippen LogP contribution is -2.31. The first-order chi connectivity index (χ1) is 7.23. The molecular weight excluding hydrogens is 184 g/mol. The van der Waals surface area contributed by atoms with Crippen LogP contribution in [0.2, 0.25) is 0 Å². The van der Waals surface area contributed by atoms with Crippen LogP contribution in [0.25, 0.3) is 0 Å². The summed E-state index contributed by atoms with van der Waals surface area (Å²) in [6.07, 6.45) is 12.6. The Balaban J connectivity index is 2.21.